The first-order valence-electron chi connectivity index (χ1n) is 7.47. The topological polar surface area (TPSA) is 119 Å². The van der Waals surface area contributed by atoms with E-state index in [9.17, 15) is 19.7 Å². The number of H-pyrrole nitrogens is 1. The Labute approximate surface area is 141 Å². The fraction of sp³-hybridized carbons (Fsp3) is 0.267. The number of aromatic amines is 1. The van der Waals surface area contributed by atoms with E-state index in [-0.39, 0.29) is 23.4 Å². The van der Waals surface area contributed by atoms with Gasteiger partial charge in [-0.1, -0.05) is 0 Å². The molecule has 0 saturated carbocycles. The standard InChI is InChI=1S/C15H16N6O4/c1-18(2)5-6-20-11-8-12(19-4-3-16-9-19)13(21(24)25)7-10(11)17-14(22)15(20)23/h3-4,7-9H,5-6H2,1-2H3,(H,17,22). The highest BCUT2D eigenvalue weighted by molar-refractivity contribution is 5.82. The highest BCUT2D eigenvalue weighted by atomic mass is 16.6. The Morgan fingerprint density at radius 3 is 2.68 bits per heavy atom. The maximum atomic E-state index is 12.3. The molecule has 0 aliphatic carbocycles. The number of nitrogens with one attached hydrogen (secondary N) is 1. The summed E-state index contributed by atoms with van der Waals surface area (Å²) in [5, 5.41) is 11.4. The molecule has 25 heavy (non-hydrogen) atoms. The molecule has 0 amide bonds. The molecule has 2 aromatic heterocycles. The maximum absolute atomic E-state index is 12.3. The minimum atomic E-state index is -0.809. The smallest absolute Gasteiger partial charge is 0.316 e. The lowest BCUT2D eigenvalue weighted by atomic mass is 10.2. The molecule has 130 valence electrons. The van der Waals surface area contributed by atoms with Gasteiger partial charge in [0, 0.05) is 31.5 Å². The van der Waals surface area contributed by atoms with Crippen molar-refractivity contribution in [2.45, 2.75) is 6.54 Å². The van der Waals surface area contributed by atoms with E-state index in [0.29, 0.717) is 12.1 Å². The van der Waals surface area contributed by atoms with Crippen molar-refractivity contribution in [3.8, 4) is 5.69 Å². The van der Waals surface area contributed by atoms with E-state index in [4.69, 9.17) is 0 Å². The Bertz CT molecular complexity index is 1050. The molecule has 0 fully saturated rings. The first-order valence-corrected chi connectivity index (χ1v) is 7.47. The lowest BCUT2D eigenvalue weighted by Gasteiger charge is -2.14. The molecule has 0 unspecified atom stereocenters. The zero-order valence-electron chi connectivity index (χ0n) is 13.7. The largest absolute Gasteiger partial charge is 0.316 e. The zero-order valence-corrected chi connectivity index (χ0v) is 13.7. The van der Waals surface area contributed by atoms with Gasteiger partial charge in [-0.25, -0.2) is 4.98 Å². The van der Waals surface area contributed by atoms with Gasteiger partial charge in [0.2, 0.25) is 0 Å². The Balaban J connectivity index is 2.33. The van der Waals surface area contributed by atoms with Gasteiger partial charge in [0.25, 0.3) is 5.69 Å². The first-order chi connectivity index (χ1) is 11.9. The number of benzene rings is 1. The highest BCUT2D eigenvalue weighted by Crippen LogP contribution is 2.27. The molecule has 0 spiro atoms. The molecule has 1 N–H and O–H groups in total. The second-order valence-corrected chi connectivity index (χ2v) is 5.80. The fourth-order valence-electron chi connectivity index (χ4n) is 2.57. The Morgan fingerprint density at radius 2 is 2.08 bits per heavy atom. The van der Waals surface area contributed by atoms with Gasteiger partial charge in [0.15, 0.2) is 0 Å². The van der Waals surface area contributed by atoms with Gasteiger partial charge in [-0.3, -0.25) is 19.7 Å². The van der Waals surface area contributed by atoms with Crippen LogP contribution in [0.4, 0.5) is 5.69 Å². The summed E-state index contributed by atoms with van der Waals surface area (Å²) in [6, 6.07) is 2.78. The lowest BCUT2D eigenvalue weighted by molar-refractivity contribution is -0.384. The van der Waals surface area contributed by atoms with Crippen molar-refractivity contribution in [1.82, 2.24) is 24.0 Å². The van der Waals surface area contributed by atoms with Crippen LogP contribution in [0, 0.1) is 10.1 Å². The van der Waals surface area contributed by atoms with Crippen LogP contribution in [-0.2, 0) is 6.54 Å². The molecule has 0 radical (unpaired) electrons. The second-order valence-electron chi connectivity index (χ2n) is 5.80. The second kappa shape index (κ2) is 6.32. The fourth-order valence-corrected chi connectivity index (χ4v) is 2.57. The average Bonchev–Trinajstić information content (AvgIpc) is 3.08. The van der Waals surface area contributed by atoms with Crippen LogP contribution in [-0.4, -0.2) is 49.6 Å². The predicted octanol–water partition coefficient (Wildman–Crippen LogP) is 0.345. The minimum absolute atomic E-state index is 0.195. The molecule has 3 aromatic rings. The van der Waals surface area contributed by atoms with Crippen LogP contribution in [0.1, 0.15) is 0 Å². The monoisotopic (exact) mass is 344 g/mol. The van der Waals surface area contributed by atoms with Crippen LogP contribution in [0.25, 0.3) is 16.7 Å². The Morgan fingerprint density at radius 1 is 1.32 bits per heavy atom. The normalized spacial score (nSPS) is 11.3. The number of imidazole rings is 1. The molecule has 10 nitrogen and oxygen atoms in total. The van der Waals surface area contributed by atoms with Crippen molar-refractivity contribution >= 4 is 16.7 Å². The molecule has 0 bridgehead atoms. The van der Waals surface area contributed by atoms with Gasteiger partial charge >= 0.3 is 11.1 Å². The number of hydrogen-bond donors (Lipinski definition) is 1. The average molecular weight is 344 g/mol. The van der Waals surface area contributed by atoms with E-state index in [1.54, 1.807) is 6.20 Å². The van der Waals surface area contributed by atoms with Crippen molar-refractivity contribution in [2.75, 3.05) is 20.6 Å². The van der Waals surface area contributed by atoms with E-state index in [0.717, 1.165) is 0 Å². The number of nitro groups is 1. The summed E-state index contributed by atoms with van der Waals surface area (Å²) >= 11 is 0. The van der Waals surface area contributed by atoms with E-state index < -0.39 is 16.0 Å². The first kappa shape index (κ1) is 16.6. The molecular weight excluding hydrogens is 328 g/mol. The summed E-state index contributed by atoms with van der Waals surface area (Å²) in [7, 11) is 3.70. The number of fused-ring (bicyclic) bond motifs is 1. The molecule has 0 aliphatic rings. The van der Waals surface area contributed by atoms with Crippen LogP contribution in [0.5, 0.6) is 0 Å². The quantitative estimate of drug-likeness (QED) is 0.405. The third-order valence-electron chi connectivity index (χ3n) is 3.82. The summed E-state index contributed by atoms with van der Waals surface area (Å²) in [6.07, 6.45) is 4.50. The number of nitrogens with zero attached hydrogens (tertiary/aromatic N) is 5. The molecule has 0 aliphatic heterocycles. The Hall–Kier alpha value is -3.27. The van der Waals surface area contributed by atoms with Gasteiger partial charge in [0.1, 0.15) is 5.69 Å². The third kappa shape index (κ3) is 3.06. The lowest BCUT2D eigenvalue weighted by Crippen LogP contribution is -2.38. The molecule has 0 saturated heterocycles. The number of rotatable bonds is 5. The number of likely N-dealkylation sites (N-methyl/N-ethyl adjacent to an activating group) is 1. The summed E-state index contributed by atoms with van der Waals surface area (Å²) in [6.45, 7) is 0.823. The van der Waals surface area contributed by atoms with Crippen molar-refractivity contribution in [3.63, 3.8) is 0 Å². The molecule has 2 heterocycles. The summed E-state index contributed by atoms with van der Waals surface area (Å²) in [5.74, 6) is 0. The summed E-state index contributed by atoms with van der Waals surface area (Å²) < 4.78 is 2.82. The minimum Gasteiger partial charge on any atom is -0.316 e. The third-order valence-corrected chi connectivity index (χ3v) is 3.82. The predicted molar refractivity (Wildman–Crippen MR) is 91.2 cm³/mol. The van der Waals surface area contributed by atoms with Crippen LogP contribution in [0.2, 0.25) is 0 Å². The van der Waals surface area contributed by atoms with Gasteiger partial charge in [-0.15, -0.1) is 0 Å². The van der Waals surface area contributed by atoms with E-state index in [1.807, 2.05) is 19.0 Å². The molecule has 0 atom stereocenters. The molecule has 3 rings (SSSR count). The SMILES string of the molecule is CN(C)CCn1c(=O)c(=O)[nH]c2cc([N+](=O)[O-])c(-n3ccnc3)cc21. The molecular formula is C15H16N6O4. The maximum Gasteiger partial charge on any atom is 0.316 e. The van der Waals surface area contributed by atoms with Crippen molar-refractivity contribution < 1.29 is 4.92 Å². The van der Waals surface area contributed by atoms with Crippen LogP contribution in [0.3, 0.4) is 0 Å². The van der Waals surface area contributed by atoms with Crippen LogP contribution in [0.15, 0.2) is 40.4 Å². The highest BCUT2D eigenvalue weighted by Gasteiger charge is 2.19. The molecule has 1 aromatic carbocycles. The number of hydrogen-bond acceptors (Lipinski definition) is 6. The van der Waals surface area contributed by atoms with E-state index >= 15 is 0 Å². The van der Waals surface area contributed by atoms with Crippen molar-refractivity contribution in [2.24, 2.45) is 0 Å². The van der Waals surface area contributed by atoms with Crippen molar-refractivity contribution in [3.05, 3.63) is 61.7 Å². The molecule has 10 heteroatoms. The van der Waals surface area contributed by atoms with Gasteiger partial charge in [-0.05, 0) is 20.2 Å². The van der Waals surface area contributed by atoms with Gasteiger partial charge in [0.05, 0.1) is 22.3 Å². The Kier molecular flexibility index (Phi) is 4.19. The van der Waals surface area contributed by atoms with Crippen molar-refractivity contribution in [1.29, 1.82) is 0 Å². The summed E-state index contributed by atoms with van der Waals surface area (Å²) in [5.41, 5.74) is -0.783. The number of nitro benzene ring substituents is 1. The number of aromatic nitrogens is 4. The van der Waals surface area contributed by atoms with Gasteiger partial charge in [-0.2, -0.15) is 0 Å². The van der Waals surface area contributed by atoms with Gasteiger partial charge < -0.3 is 19.0 Å². The zero-order chi connectivity index (χ0) is 18.1. The van der Waals surface area contributed by atoms with Crippen LogP contribution >= 0.6 is 0 Å². The van der Waals surface area contributed by atoms with E-state index in [1.165, 1.54) is 33.8 Å². The van der Waals surface area contributed by atoms with Crippen LogP contribution < -0.4 is 11.1 Å². The van der Waals surface area contributed by atoms with E-state index in [2.05, 4.69) is 9.97 Å². The summed E-state index contributed by atoms with van der Waals surface area (Å²) in [4.78, 5) is 43.2.